The normalized spacial score (nSPS) is 11.7. The summed E-state index contributed by atoms with van der Waals surface area (Å²) in [6, 6.07) is 3.76. The molecule has 4 nitrogen and oxygen atoms in total. The van der Waals surface area contributed by atoms with Crippen LogP contribution >= 0.6 is 22.7 Å². The lowest BCUT2D eigenvalue weighted by molar-refractivity contribution is -0.136. The number of thiophene rings is 1. The number of aromatic nitrogens is 1. The SMILES string of the molecule is COC(C)(C)c1nc(-c2ccc(CC(=O)O)s2)cs1. The number of nitrogens with zero attached hydrogens (tertiary/aromatic N) is 1. The Morgan fingerprint density at radius 2 is 2.21 bits per heavy atom. The van der Waals surface area contributed by atoms with Crippen molar-refractivity contribution < 1.29 is 14.6 Å². The van der Waals surface area contributed by atoms with Gasteiger partial charge in [0.05, 0.1) is 17.0 Å². The highest BCUT2D eigenvalue weighted by molar-refractivity contribution is 7.16. The molecule has 0 fully saturated rings. The van der Waals surface area contributed by atoms with Gasteiger partial charge in [0, 0.05) is 17.4 Å². The van der Waals surface area contributed by atoms with Crippen molar-refractivity contribution in [3.8, 4) is 10.6 Å². The molecule has 2 rings (SSSR count). The first-order chi connectivity index (χ1) is 8.92. The van der Waals surface area contributed by atoms with Crippen LogP contribution in [0.15, 0.2) is 17.5 Å². The molecule has 0 saturated heterocycles. The largest absolute Gasteiger partial charge is 0.481 e. The fourth-order valence-corrected chi connectivity index (χ4v) is 3.47. The zero-order valence-electron chi connectivity index (χ0n) is 11.0. The van der Waals surface area contributed by atoms with Gasteiger partial charge in [-0.05, 0) is 26.0 Å². The van der Waals surface area contributed by atoms with Gasteiger partial charge in [-0.25, -0.2) is 4.98 Å². The number of carboxylic acids is 1. The smallest absolute Gasteiger partial charge is 0.308 e. The number of carbonyl (C=O) groups is 1. The molecule has 0 amide bonds. The quantitative estimate of drug-likeness (QED) is 0.919. The van der Waals surface area contributed by atoms with Gasteiger partial charge in [-0.2, -0.15) is 0 Å². The lowest BCUT2D eigenvalue weighted by Gasteiger charge is -2.19. The number of hydrogen-bond acceptors (Lipinski definition) is 5. The molecule has 0 saturated carbocycles. The highest BCUT2D eigenvalue weighted by Gasteiger charge is 2.24. The van der Waals surface area contributed by atoms with Gasteiger partial charge in [0.1, 0.15) is 10.6 Å². The number of thiazole rings is 1. The van der Waals surface area contributed by atoms with Gasteiger partial charge in [0.25, 0.3) is 0 Å². The van der Waals surface area contributed by atoms with Crippen molar-refractivity contribution in [1.29, 1.82) is 0 Å². The van der Waals surface area contributed by atoms with E-state index in [9.17, 15) is 4.79 Å². The third-order valence-electron chi connectivity index (χ3n) is 2.77. The van der Waals surface area contributed by atoms with Crippen molar-refractivity contribution in [3.05, 3.63) is 27.4 Å². The van der Waals surface area contributed by atoms with E-state index in [1.165, 1.54) is 11.3 Å². The summed E-state index contributed by atoms with van der Waals surface area (Å²) < 4.78 is 5.40. The minimum absolute atomic E-state index is 0.0607. The van der Waals surface area contributed by atoms with E-state index in [4.69, 9.17) is 9.84 Å². The first-order valence-electron chi connectivity index (χ1n) is 5.74. The van der Waals surface area contributed by atoms with E-state index in [1.54, 1.807) is 18.4 Å². The average Bonchev–Trinajstić information content (AvgIpc) is 2.96. The van der Waals surface area contributed by atoms with Crippen LogP contribution in [-0.2, 0) is 21.6 Å². The number of methoxy groups -OCH3 is 1. The molecule has 102 valence electrons. The summed E-state index contributed by atoms with van der Waals surface area (Å²) in [7, 11) is 1.66. The van der Waals surface area contributed by atoms with Crippen LogP contribution in [0.5, 0.6) is 0 Å². The number of carboxylic acid groups (broad SMARTS) is 1. The lowest BCUT2D eigenvalue weighted by Crippen LogP contribution is -2.18. The van der Waals surface area contributed by atoms with Gasteiger partial charge in [-0.3, -0.25) is 4.79 Å². The minimum Gasteiger partial charge on any atom is -0.481 e. The van der Waals surface area contributed by atoms with Gasteiger partial charge in [0.2, 0.25) is 0 Å². The van der Waals surface area contributed by atoms with Crippen molar-refractivity contribution in [3.63, 3.8) is 0 Å². The molecular weight excluding hydrogens is 282 g/mol. The second kappa shape index (κ2) is 5.40. The van der Waals surface area contributed by atoms with Crippen molar-refractivity contribution >= 4 is 28.6 Å². The maximum absolute atomic E-state index is 10.7. The molecule has 1 N–H and O–H groups in total. The summed E-state index contributed by atoms with van der Waals surface area (Å²) in [5, 5.41) is 11.7. The van der Waals surface area contributed by atoms with E-state index in [2.05, 4.69) is 4.98 Å². The Kier molecular flexibility index (Phi) is 4.03. The molecule has 0 unspecified atom stereocenters. The molecule has 6 heteroatoms. The van der Waals surface area contributed by atoms with Crippen LogP contribution in [0.25, 0.3) is 10.6 Å². The summed E-state index contributed by atoms with van der Waals surface area (Å²) in [5.41, 5.74) is 0.483. The van der Waals surface area contributed by atoms with Crippen molar-refractivity contribution in [1.82, 2.24) is 4.98 Å². The number of hydrogen-bond donors (Lipinski definition) is 1. The maximum Gasteiger partial charge on any atom is 0.308 e. The third-order valence-corrected chi connectivity index (χ3v) is 5.02. The predicted octanol–water partition coefficient (Wildman–Crippen LogP) is 3.38. The van der Waals surface area contributed by atoms with Gasteiger partial charge in [-0.15, -0.1) is 22.7 Å². The van der Waals surface area contributed by atoms with Crippen LogP contribution in [0, 0.1) is 0 Å². The maximum atomic E-state index is 10.7. The Morgan fingerprint density at radius 3 is 2.84 bits per heavy atom. The average molecular weight is 297 g/mol. The zero-order valence-corrected chi connectivity index (χ0v) is 12.6. The van der Waals surface area contributed by atoms with E-state index in [0.29, 0.717) is 0 Å². The Balaban J connectivity index is 2.23. The van der Waals surface area contributed by atoms with Crippen molar-refractivity contribution in [2.75, 3.05) is 7.11 Å². The minimum atomic E-state index is -0.812. The Labute approximate surface area is 119 Å². The molecule has 0 spiro atoms. The summed E-state index contributed by atoms with van der Waals surface area (Å²) >= 11 is 3.02. The predicted molar refractivity (Wildman–Crippen MR) is 76.8 cm³/mol. The van der Waals surface area contributed by atoms with Gasteiger partial charge in [0.15, 0.2) is 0 Å². The van der Waals surface area contributed by atoms with Crippen LogP contribution in [0.3, 0.4) is 0 Å². The standard InChI is InChI=1S/C13H15NO3S2/c1-13(2,17-3)12-14-9(7-18-12)10-5-4-8(19-10)6-11(15)16/h4-5,7H,6H2,1-3H3,(H,15,16). The molecule has 19 heavy (non-hydrogen) atoms. The summed E-state index contributed by atoms with van der Waals surface area (Å²) in [6.45, 7) is 3.94. The lowest BCUT2D eigenvalue weighted by atomic mass is 10.1. The molecule has 0 aliphatic rings. The first-order valence-corrected chi connectivity index (χ1v) is 7.44. The molecule has 0 aliphatic heterocycles. The van der Waals surface area contributed by atoms with Crippen LogP contribution in [0.1, 0.15) is 23.7 Å². The van der Waals surface area contributed by atoms with Crippen molar-refractivity contribution in [2.45, 2.75) is 25.9 Å². The monoisotopic (exact) mass is 297 g/mol. The number of aliphatic carboxylic acids is 1. The summed E-state index contributed by atoms with van der Waals surface area (Å²) in [5.74, 6) is -0.812. The summed E-state index contributed by atoms with van der Waals surface area (Å²) in [4.78, 5) is 17.1. The van der Waals surface area contributed by atoms with Crippen LogP contribution in [0.4, 0.5) is 0 Å². The highest BCUT2D eigenvalue weighted by Crippen LogP contribution is 2.33. The van der Waals surface area contributed by atoms with Gasteiger partial charge >= 0.3 is 5.97 Å². The fourth-order valence-electron chi connectivity index (χ4n) is 1.51. The molecule has 0 bridgehead atoms. The number of ether oxygens (including phenoxy) is 1. The van der Waals surface area contributed by atoms with Crippen molar-refractivity contribution in [2.24, 2.45) is 0 Å². The van der Waals surface area contributed by atoms with Gasteiger partial charge < -0.3 is 9.84 Å². The van der Waals surface area contributed by atoms with Crippen LogP contribution in [0.2, 0.25) is 0 Å². The zero-order chi connectivity index (χ0) is 14.0. The fraction of sp³-hybridized carbons (Fsp3) is 0.385. The second-order valence-corrected chi connectivity index (χ2v) is 6.62. The molecular formula is C13H15NO3S2. The van der Waals surface area contributed by atoms with E-state index >= 15 is 0 Å². The van der Waals surface area contributed by atoms with E-state index in [1.807, 2.05) is 31.4 Å². The molecule has 2 heterocycles. The molecule has 2 aromatic heterocycles. The highest BCUT2D eigenvalue weighted by atomic mass is 32.1. The van der Waals surface area contributed by atoms with Crippen LogP contribution < -0.4 is 0 Å². The third kappa shape index (κ3) is 3.20. The second-order valence-electron chi connectivity index (χ2n) is 4.59. The first kappa shape index (κ1) is 14.2. The molecule has 0 atom stereocenters. The Hall–Kier alpha value is -1.24. The number of rotatable bonds is 5. The topological polar surface area (TPSA) is 59.4 Å². The van der Waals surface area contributed by atoms with E-state index in [0.717, 1.165) is 20.5 Å². The van der Waals surface area contributed by atoms with E-state index < -0.39 is 11.6 Å². The molecule has 0 aromatic carbocycles. The van der Waals surface area contributed by atoms with Gasteiger partial charge in [-0.1, -0.05) is 0 Å². The molecule has 0 aliphatic carbocycles. The summed E-state index contributed by atoms with van der Waals surface area (Å²) in [6.07, 6.45) is 0.0607. The van der Waals surface area contributed by atoms with Crippen LogP contribution in [-0.4, -0.2) is 23.2 Å². The molecule has 0 radical (unpaired) electrons. The molecule has 2 aromatic rings. The van der Waals surface area contributed by atoms with E-state index in [-0.39, 0.29) is 6.42 Å². The Bertz CT molecular complexity index is 586. The Morgan fingerprint density at radius 1 is 1.47 bits per heavy atom.